The lowest BCUT2D eigenvalue weighted by Gasteiger charge is -2.09. The molecule has 9 heteroatoms. The van der Waals surface area contributed by atoms with Gasteiger partial charge in [-0.05, 0) is 69.0 Å². The summed E-state index contributed by atoms with van der Waals surface area (Å²) in [5.74, 6) is -0.845. The molecule has 0 aliphatic heterocycles. The molecule has 0 aliphatic rings. The molecule has 0 aliphatic carbocycles. The van der Waals surface area contributed by atoms with Crippen LogP contribution in [0, 0.1) is 0 Å². The number of carboxylic acid groups (broad SMARTS) is 1. The molecule has 0 atom stereocenters. The molecule has 0 saturated carbocycles. The van der Waals surface area contributed by atoms with Gasteiger partial charge in [0.05, 0.1) is 23.9 Å². The first-order valence-corrected chi connectivity index (χ1v) is 12.7. The molecule has 0 bridgehead atoms. The van der Waals surface area contributed by atoms with Crippen LogP contribution in [0.25, 0.3) is 0 Å². The van der Waals surface area contributed by atoms with Crippen LogP contribution in [0.2, 0.25) is 0 Å². The minimum Gasteiger partial charge on any atom is -0.507 e. The number of unbranched alkanes of at least 4 members (excludes halogenated alkanes) is 3. The first kappa shape index (κ1) is 26.5. The summed E-state index contributed by atoms with van der Waals surface area (Å²) in [6.07, 6.45) is 4.38. The Hall–Kier alpha value is -2.78. The smallest absolute Gasteiger partial charge is 0.339 e. The Morgan fingerprint density at radius 2 is 1.45 bits per heavy atom. The van der Waals surface area contributed by atoms with Crippen molar-refractivity contribution in [2.24, 2.45) is 0 Å². The highest BCUT2D eigenvalue weighted by atomic mass is 32.2. The van der Waals surface area contributed by atoms with E-state index in [-0.39, 0.29) is 35.0 Å². The fourth-order valence-electron chi connectivity index (χ4n) is 3.08. The highest BCUT2D eigenvalue weighted by Crippen LogP contribution is 2.24. The summed E-state index contributed by atoms with van der Waals surface area (Å²) in [7, 11) is -3.47. The second kappa shape index (κ2) is 13.7. The number of carbonyl (C=O) groups is 1. The van der Waals surface area contributed by atoms with Gasteiger partial charge in [-0.25, -0.2) is 13.2 Å². The average Bonchev–Trinajstić information content (AvgIpc) is 2.78. The van der Waals surface area contributed by atoms with Gasteiger partial charge in [0, 0.05) is 19.3 Å². The van der Waals surface area contributed by atoms with Crippen molar-refractivity contribution in [1.29, 1.82) is 0 Å². The van der Waals surface area contributed by atoms with Crippen LogP contribution < -0.4 is 9.47 Å². The van der Waals surface area contributed by atoms with Crippen LogP contribution >= 0.6 is 0 Å². The minimum atomic E-state index is -3.47. The zero-order valence-electron chi connectivity index (χ0n) is 18.9. The fourth-order valence-corrected chi connectivity index (χ4v) is 4.36. The van der Waals surface area contributed by atoms with Crippen LogP contribution in [0.4, 0.5) is 0 Å². The Balaban J connectivity index is 1.71. The van der Waals surface area contributed by atoms with Crippen molar-refractivity contribution in [2.75, 3.05) is 32.2 Å². The van der Waals surface area contributed by atoms with Gasteiger partial charge in [0.1, 0.15) is 22.8 Å². The Bertz CT molecular complexity index is 970. The van der Waals surface area contributed by atoms with Gasteiger partial charge in [-0.2, -0.15) is 0 Å². The molecule has 33 heavy (non-hydrogen) atoms. The minimum absolute atomic E-state index is 0.103. The summed E-state index contributed by atoms with van der Waals surface area (Å²) in [6, 6.07) is 10.2. The van der Waals surface area contributed by atoms with Crippen molar-refractivity contribution in [3.63, 3.8) is 0 Å². The van der Waals surface area contributed by atoms with Gasteiger partial charge < -0.3 is 24.4 Å². The van der Waals surface area contributed by atoms with Crippen molar-refractivity contribution >= 4 is 15.8 Å². The molecular formula is C24H32O8S. The zero-order valence-corrected chi connectivity index (χ0v) is 19.7. The first-order valence-electron chi connectivity index (χ1n) is 11.1. The molecule has 0 heterocycles. The quantitative estimate of drug-likeness (QED) is 0.341. The third-order valence-corrected chi connectivity index (χ3v) is 6.68. The maximum absolute atomic E-state index is 12.5. The SMILES string of the molecule is CCOCCCCCCOc1ccc(S(=O)(=O)CCCOc2ccc(C(=O)O)c(O)c2)cc1. The summed E-state index contributed by atoms with van der Waals surface area (Å²) < 4.78 is 41.4. The number of hydrogen-bond acceptors (Lipinski definition) is 7. The predicted molar refractivity (Wildman–Crippen MR) is 124 cm³/mol. The number of ether oxygens (including phenoxy) is 3. The van der Waals surface area contributed by atoms with Crippen molar-refractivity contribution in [1.82, 2.24) is 0 Å². The lowest BCUT2D eigenvalue weighted by atomic mass is 10.2. The second-order valence-electron chi connectivity index (χ2n) is 7.44. The van der Waals surface area contributed by atoms with E-state index in [1.54, 1.807) is 12.1 Å². The summed E-state index contributed by atoms with van der Waals surface area (Å²) >= 11 is 0. The molecule has 0 radical (unpaired) electrons. The van der Waals surface area contributed by atoms with E-state index >= 15 is 0 Å². The molecule has 0 unspecified atom stereocenters. The van der Waals surface area contributed by atoms with Crippen LogP contribution in [0.15, 0.2) is 47.4 Å². The average molecular weight is 481 g/mol. The lowest BCUT2D eigenvalue weighted by molar-refractivity contribution is 0.0693. The van der Waals surface area contributed by atoms with Crippen LogP contribution in [0.3, 0.4) is 0 Å². The van der Waals surface area contributed by atoms with Gasteiger partial charge in [0.25, 0.3) is 0 Å². The zero-order chi connectivity index (χ0) is 24.1. The van der Waals surface area contributed by atoms with Crippen LogP contribution in [-0.4, -0.2) is 56.8 Å². The largest absolute Gasteiger partial charge is 0.507 e. The Morgan fingerprint density at radius 1 is 0.848 bits per heavy atom. The van der Waals surface area contributed by atoms with Gasteiger partial charge in [-0.1, -0.05) is 6.42 Å². The van der Waals surface area contributed by atoms with E-state index in [1.807, 2.05) is 6.92 Å². The van der Waals surface area contributed by atoms with Gasteiger partial charge in [-0.15, -0.1) is 0 Å². The van der Waals surface area contributed by atoms with E-state index in [2.05, 4.69) is 0 Å². The highest BCUT2D eigenvalue weighted by Gasteiger charge is 2.15. The van der Waals surface area contributed by atoms with Gasteiger partial charge in [-0.3, -0.25) is 0 Å². The number of sulfone groups is 1. The molecule has 8 nitrogen and oxygen atoms in total. The Morgan fingerprint density at radius 3 is 2.09 bits per heavy atom. The van der Waals surface area contributed by atoms with Crippen LogP contribution in [0.1, 0.15) is 49.4 Å². The molecule has 0 spiro atoms. The Kier molecular flexibility index (Phi) is 11.0. The normalized spacial score (nSPS) is 11.3. The molecule has 0 amide bonds. The van der Waals surface area contributed by atoms with Gasteiger partial charge >= 0.3 is 5.97 Å². The number of hydrogen-bond donors (Lipinski definition) is 2. The molecule has 0 saturated heterocycles. The summed E-state index contributed by atoms with van der Waals surface area (Å²) in [5.41, 5.74) is -0.227. The molecule has 0 fully saturated rings. The van der Waals surface area contributed by atoms with E-state index in [0.29, 0.717) is 12.4 Å². The second-order valence-corrected chi connectivity index (χ2v) is 9.55. The monoisotopic (exact) mass is 480 g/mol. The molecule has 2 aromatic carbocycles. The van der Waals surface area contributed by atoms with Crippen molar-refractivity contribution in [3.05, 3.63) is 48.0 Å². The van der Waals surface area contributed by atoms with E-state index in [4.69, 9.17) is 19.3 Å². The Labute approximate surface area is 195 Å². The number of aromatic carboxylic acids is 1. The molecule has 2 aromatic rings. The highest BCUT2D eigenvalue weighted by molar-refractivity contribution is 7.91. The van der Waals surface area contributed by atoms with Crippen LogP contribution in [-0.2, 0) is 14.6 Å². The third kappa shape index (κ3) is 9.31. The van der Waals surface area contributed by atoms with Crippen molar-refractivity contribution < 1.29 is 37.6 Å². The molecule has 182 valence electrons. The number of rotatable bonds is 16. The lowest BCUT2D eigenvalue weighted by Crippen LogP contribution is -2.10. The van der Waals surface area contributed by atoms with Gasteiger partial charge in [0.2, 0.25) is 0 Å². The maximum Gasteiger partial charge on any atom is 0.339 e. The van der Waals surface area contributed by atoms with E-state index < -0.39 is 21.6 Å². The van der Waals surface area contributed by atoms with Crippen molar-refractivity contribution in [3.8, 4) is 17.2 Å². The number of carboxylic acids is 1. The number of benzene rings is 2. The number of aromatic hydroxyl groups is 1. The molecule has 2 rings (SSSR count). The topological polar surface area (TPSA) is 119 Å². The molecular weight excluding hydrogens is 448 g/mol. The van der Waals surface area contributed by atoms with E-state index in [9.17, 15) is 18.3 Å². The van der Waals surface area contributed by atoms with E-state index in [0.717, 1.165) is 38.9 Å². The maximum atomic E-state index is 12.5. The summed E-state index contributed by atoms with van der Waals surface area (Å²) in [4.78, 5) is 11.1. The van der Waals surface area contributed by atoms with Gasteiger partial charge in [0.15, 0.2) is 9.84 Å². The summed E-state index contributed by atoms with van der Waals surface area (Å²) in [6.45, 7) is 4.22. The number of phenols is 1. The standard InChI is InChI=1S/C24H32O8S/c1-2-30-14-5-3-4-6-15-31-19-8-11-21(12-9-19)33(28,29)17-7-16-32-20-10-13-22(24(26)27)23(25)18-20/h8-13,18,25H,2-7,14-17H2,1H3,(H,26,27). The first-order chi connectivity index (χ1) is 15.8. The van der Waals surface area contributed by atoms with E-state index in [1.165, 1.54) is 30.3 Å². The third-order valence-electron chi connectivity index (χ3n) is 4.86. The molecule has 0 aromatic heterocycles. The predicted octanol–water partition coefficient (Wildman–Crippen LogP) is 4.31. The van der Waals surface area contributed by atoms with Crippen LogP contribution in [0.5, 0.6) is 17.2 Å². The fraction of sp³-hybridized carbons (Fsp3) is 0.458. The molecule has 2 N–H and O–H groups in total. The van der Waals surface area contributed by atoms with Crippen molar-refractivity contribution in [2.45, 2.75) is 43.9 Å². The summed E-state index contributed by atoms with van der Waals surface area (Å²) in [5, 5.41) is 18.6.